The van der Waals surface area contributed by atoms with Crippen molar-refractivity contribution in [3.63, 3.8) is 0 Å². The molecule has 0 aliphatic rings. The molecule has 0 unspecified atom stereocenters. The first-order chi connectivity index (χ1) is 17.9. The second-order valence-electron chi connectivity index (χ2n) is 9.31. The number of hydrogen-bond donors (Lipinski definition) is 0. The van der Waals surface area contributed by atoms with Crippen LogP contribution in [0.3, 0.4) is 0 Å². The molecule has 0 fully saturated rings. The highest BCUT2D eigenvalue weighted by molar-refractivity contribution is 6.27. The van der Waals surface area contributed by atoms with Crippen LogP contribution in [-0.4, -0.2) is 32.7 Å². The Balaban J connectivity index is 1.13. The highest BCUT2D eigenvalue weighted by atomic mass is 28.2. The fraction of sp³-hybridized carbons (Fsp3) is 0.250. The van der Waals surface area contributed by atoms with Gasteiger partial charge in [-0.25, -0.2) is 0 Å². The van der Waals surface area contributed by atoms with Gasteiger partial charge in [-0.3, -0.25) is 0 Å². The average molecular weight is 511 g/mol. The molecular formula is C32H38O2Si2. The lowest BCUT2D eigenvalue weighted by atomic mass is 9.92. The predicted octanol–water partition coefficient (Wildman–Crippen LogP) is 6.47. The van der Waals surface area contributed by atoms with Crippen molar-refractivity contribution < 1.29 is 8.85 Å². The number of benzene rings is 4. The average Bonchev–Trinajstić information content (AvgIpc) is 2.96. The van der Waals surface area contributed by atoms with Crippen molar-refractivity contribution in [2.45, 2.75) is 36.8 Å². The number of unbranched alkanes of at least 4 members (excludes halogenated alkanes) is 1. The minimum atomic E-state index is -0.489. The predicted molar refractivity (Wildman–Crippen MR) is 157 cm³/mol. The Bertz CT molecular complexity index is 922. The van der Waals surface area contributed by atoms with Crippen LogP contribution < -0.4 is 0 Å². The van der Waals surface area contributed by atoms with Crippen LogP contribution >= 0.6 is 0 Å². The van der Waals surface area contributed by atoms with E-state index in [0.717, 1.165) is 13.2 Å². The lowest BCUT2D eigenvalue weighted by Crippen LogP contribution is -2.12. The Kier molecular flexibility index (Phi) is 11.2. The molecule has 36 heavy (non-hydrogen) atoms. The summed E-state index contributed by atoms with van der Waals surface area (Å²) in [6, 6.07) is 45.5. The van der Waals surface area contributed by atoms with E-state index < -0.39 is 19.5 Å². The molecule has 0 N–H and O–H groups in total. The molecule has 0 aliphatic carbocycles. The molecule has 0 saturated carbocycles. The third kappa shape index (κ3) is 8.42. The Morgan fingerprint density at radius 3 is 0.972 bits per heavy atom. The van der Waals surface area contributed by atoms with Gasteiger partial charge in [-0.15, -0.1) is 0 Å². The maximum atomic E-state index is 6.28. The van der Waals surface area contributed by atoms with Crippen molar-refractivity contribution in [2.75, 3.05) is 13.2 Å². The first-order valence-corrected chi connectivity index (χ1v) is 16.4. The van der Waals surface area contributed by atoms with Gasteiger partial charge in [0.25, 0.3) is 0 Å². The van der Waals surface area contributed by atoms with E-state index >= 15 is 0 Å². The Hall–Kier alpha value is -2.77. The van der Waals surface area contributed by atoms with Crippen molar-refractivity contribution in [1.29, 1.82) is 0 Å². The zero-order valence-corrected chi connectivity index (χ0v) is 24.0. The summed E-state index contributed by atoms with van der Waals surface area (Å²) in [6.07, 6.45) is 2.54. The molecule has 4 aromatic rings. The normalized spacial score (nSPS) is 11.9. The molecule has 0 heterocycles. The molecule has 0 aliphatic heterocycles. The first kappa shape index (κ1) is 26.3. The maximum Gasteiger partial charge on any atom is 0.161 e. The molecule has 0 saturated heterocycles. The lowest BCUT2D eigenvalue weighted by molar-refractivity contribution is 0.316. The molecule has 4 aromatic carbocycles. The molecule has 0 amide bonds. The fourth-order valence-electron chi connectivity index (χ4n) is 4.68. The fourth-order valence-corrected chi connectivity index (χ4v) is 7.00. The molecular weight excluding hydrogens is 473 g/mol. The summed E-state index contributed by atoms with van der Waals surface area (Å²) in [5, 5.41) is 0. The van der Waals surface area contributed by atoms with E-state index in [1.807, 2.05) is 0 Å². The third-order valence-electron chi connectivity index (χ3n) is 6.70. The summed E-state index contributed by atoms with van der Waals surface area (Å²) in [6.45, 7) is 1.58. The first-order valence-electron chi connectivity index (χ1n) is 13.3. The summed E-state index contributed by atoms with van der Waals surface area (Å²) in [4.78, 5) is 0. The monoisotopic (exact) mass is 510 g/mol. The van der Waals surface area contributed by atoms with Gasteiger partial charge < -0.3 is 8.85 Å². The summed E-state index contributed by atoms with van der Waals surface area (Å²) in [5.41, 5.74) is 5.35. The van der Waals surface area contributed by atoms with Crippen LogP contribution in [0.15, 0.2) is 121 Å². The Morgan fingerprint density at radius 2 is 0.694 bits per heavy atom. The van der Waals surface area contributed by atoms with E-state index in [1.54, 1.807) is 0 Å². The smallest absolute Gasteiger partial charge is 0.161 e. The summed E-state index contributed by atoms with van der Waals surface area (Å²) < 4.78 is 12.6. The van der Waals surface area contributed by atoms with Crippen LogP contribution in [0.2, 0.25) is 12.1 Å². The van der Waals surface area contributed by atoms with Crippen LogP contribution in [0, 0.1) is 0 Å². The van der Waals surface area contributed by atoms with Crippen LogP contribution in [0.4, 0.5) is 0 Å². The van der Waals surface area contributed by atoms with Gasteiger partial charge in [-0.2, -0.15) is 0 Å². The second kappa shape index (κ2) is 15.4. The van der Waals surface area contributed by atoms with Gasteiger partial charge in [-0.05, 0) is 34.3 Å². The number of rotatable bonds is 15. The van der Waals surface area contributed by atoms with Crippen LogP contribution in [-0.2, 0) is 8.85 Å². The van der Waals surface area contributed by atoms with Crippen LogP contribution in [0.25, 0.3) is 0 Å². The molecule has 0 aromatic heterocycles. The van der Waals surface area contributed by atoms with Gasteiger partial charge in [0, 0.05) is 25.0 Å². The molecule has 0 radical (unpaired) electrons. The summed E-state index contributed by atoms with van der Waals surface area (Å²) >= 11 is 0. The summed E-state index contributed by atoms with van der Waals surface area (Å²) in [5.74, 6) is 0.644. The number of hydrogen-bond acceptors (Lipinski definition) is 2. The largest absolute Gasteiger partial charge is 0.423 e. The van der Waals surface area contributed by atoms with Gasteiger partial charge in [0.1, 0.15) is 0 Å². The zero-order chi connectivity index (χ0) is 24.7. The van der Waals surface area contributed by atoms with Gasteiger partial charge in [-0.1, -0.05) is 134 Å². The molecule has 0 bridgehead atoms. The van der Waals surface area contributed by atoms with Gasteiger partial charge >= 0.3 is 0 Å². The van der Waals surface area contributed by atoms with Crippen molar-refractivity contribution in [2.24, 2.45) is 0 Å². The van der Waals surface area contributed by atoms with E-state index in [1.165, 1.54) is 47.2 Å². The molecule has 0 atom stereocenters. The van der Waals surface area contributed by atoms with Gasteiger partial charge in [0.05, 0.1) is 0 Å². The van der Waals surface area contributed by atoms with Gasteiger partial charge in [0.2, 0.25) is 0 Å². The van der Waals surface area contributed by atoms with E-state index in [-0.39, 0.29) is 0 Å². The Labute approximate surface area is 221 Å². The molecule has 4 heteroatoms. The van der Waals surface area contributed by atoms with E-state index in [0.29, 0.717) is 11.8 Å². The zero-order valence-electron chi connectivity index (χ0n) is 21.2. The Morgan fingerprint density at radius 1 is 0.417 bits per heavy atom. The van der Waals surface area contributed by atoms with Crippen molar-refractivity contribution in [3.8, 4) is 0 Å². The second-order valence-corrected chi connectivity index (χ2v) is 12.4. The van der Waals surface area contributed by atoms with E-state index in [2.05, 4.69) is 121 Å². The van der Waals surface area contributed by atoms with E-state index in [4.69, 9.17) is 8.85 Å². The molecule has 186 valence electrons. The van der Waals surface area contributed by atoms with Gasteiger partial charge in [0.15, 0.2) is 19.5 Å². The quantitative estimate of drug-likeness (QED) is 0.135. The topological polar surface area (TPSA) is 18.5 Å². The van der Waals surface area contributed by atoms with E-state index in [9.17, 15) is 0 Å². The molecule has 4 rings (SSSR count). The van der Waals surface area contributed by atoms with Crippen LogP contribution in [0.1, 0.15) is 46.9 Å². The molecule has 2 nitrogen and oxygen atoms in total. The van der Waals surface area contributed by atoms with Crippen LogP contribution in [0.5, 0.6) is 0 Å². The molecule has 0 spiro atoms. The van der Waals surface area contributed by atoms with Crippen molar-refractivity contribution in [3.05, 3.63) is 144 Å². The maximum absolute atomic E-state index is 6.28. The lowest BCUT2D eigenvalue weighted by Gasteiger charge is -2.19. The van der Waals surface area contributed by atoms with Crippen molar-refractivity contribution in [1.82, 2.24) is 0 Å². The third-order valence-corrected chi connectivity index (χ3v) is 9.33. The highest BCUT2D eigenvalue weighted by Gasteiger charge is 2.15. The standard InChI is InChI=1S/C32H38O2Si2/c1-5-15-27(16-6-1)31(28-17-7-2-8-18-28)25-33-35-23-13-14-24-36-34-26-32(29-19-9-3-10-20-29)30-21-11-4-12-22-30/h1-12,15-22,31-32H,13-14,23-26,35-36H2. The highest BCUT2D eigenvalue weighted by Crippen LogP contribution is 2.26. The minimum absolute atomic E-state index is 0.322. The minimum Gasteiger partial charge on any atom is -0.423 e. The summed E-state index contributed by atoms with van der Waals surface area (Å²) in [7, 11) is -0.978. The SMILES string of the molecule is c1ccc(C(CO[SiH2]CCCC[SiH2]OCC(c2ccccc2)c2ccccc2)c2ccccc2)cc1. The van der Waals surface area contributed by atoms with Crippen molar-refractivity contribution >= 4 is 19.5 Å².